The van der Waals surface area contributed by atoms with E-state index in [1.165, 1.54) is 6.92 Å². The van der Waals surface area contributed by atoms with E-state index in [1.807, 2.05) is 6.20 Å². The van der Waals surface area contributed by atoms with Crippen LogP contribution in [-0.2, 0) is 11.2 Å². The fourth-order valence-corrected chi connectivity index (χ4v) is 2.09. The van der Waals surface area contributed by atoms with Gasteiger partial charge in [-0.05, 0) is 24.1 Å². The number of nitrogens with one attached hydrogen (secondary N) is 2. The number of phenols is 1. The highest BCUT2D eigenvalue weighted by Crippen LogP contribution is 2.33. The average Bonchev–Trinajstić information content (AvgIpc) is 2.67. The van der Waals surface area contributed by atoms with Gasteiger partial charge in [-0.15, -0.1) is 0 Å². The maximum Gasteiger partial charge on any atom is 0.216 e. The number of halogens is 1. The molecule has 2 rings (SSSR count). The fourth-order valence-electron chi connectivity index (χ4n) is 1.81. The first kappa shape index (κ1) is 11.8. The molecule has 17 heavy (non-hydrogen) atoms. The average molecular weight is 253 g/mol. The summed E-state index contributed by atoms with van der Waals surface area (Å²) < 4.78 is 0. The number of carbonyl (C=O) groups is 1. The van der Waals surface area contributed by atoms with Crippen molar-refractivity contribution < 1.29 is 9.90 Å². The number of fused-ring (bicyclic) bond motifs is 1. The zero-order chi connectivity index (χ0) is 12.4. The summed E-state index contributed by atoms with van der Waals surface area (Å²) in [5.74, 6) is 0.0123. The van der Waals surface area contributed by atoms with Gasteiger partial charge in [-0.25, -0.2) is 0 Å². The lowest BCUT2D eigenvalue weighted by molar-refractivity contribution is -0.118. The predicted octanol–water partition coefficient (Wildman–Crippen LogP) is 2.21. The SMILES string of the molecule is CC(=O)NCCc1c[nH]c2ccc(O)c(Cl)c12. The van der Waals surface area contributed by atoms with Crippen LogP contribution in [0.15, 0.2) is 18.3 Å². The fraction of sp³-hybridized carbons (Fsp3) is 0.250. The Morgan fingerprint density at radius 2 is 2.29 bits per heavy atom. The van der Waals surface area contributed by atoms with Gasteiger partial charge in [0, 0.05) is 30.6 Å². The van der Waals surface area contributed by atoms with Crippen LogP contribution in [0.5, 0.6) is 5.75 Å². The van der Waals surface area contributed by atoms with Crippen LogP contribution in [-0.4, -0.2) is 22.5 Å². The van der Waals surface area contributed by atoms with E-state index in [2.05, 4.69) is 10.3 Å². The van der Waals surface area contributed by atoms with Crippen LogP contribution in [0.3, 0.4) is 0 Å². The molecule has 0 atom stereocenters. The molecule has 5 heteroatoms. The maximum atomic E-state index is 10.8. The summed E-state index contributed by atoms with van der Waals surface area (Å²) in [6.45, 7) is 2.03. The second-order valence-corrected chi connectivity index (χ2v) is 4.25. The topological polar surface area (TPSA) is 65.1 Å². The molecule has 1 amide bonds. The second kappa shape index (κ2) is 4.67. The standard InChI is InChI=1S/C12H13ClN2O2/c1-7(16)14-5-4-8-6-15-9-2-3-10(17)12(13)11(8)9/h2-3,6,15,17H,4-5H2,1H3,(H,14,16). The van der Waals surface area contributed by atoms with Gasteiger partial charge in [0.05, 0.1) is 5.02 Å². The van der Waals surface area contributed by atoms with E-state index in [9.17, 15) is 9.90 Å². The van der Waals surface area contributed by atoms with Crippen molar-refractivity contribution in [2.24, 2.45) is 0 Å². The van der Waals surface area contributed by atoms with Gasteiger partial charge in [0.1, 0.15) is 5.75 Å². The summed E-state index contributed by atoms with van der Waals surface area (Å²) in [4.78, 5) is 13.9. The van der Waals surface area contributed by atoms with E-state index < -0.39 is 0 Å². The van der Waals surface area contributed by atoms with Crippen LogP contribution in [0.25, 0.3) is 10.9 Å². The number of rotatable bonds is 3. The number of H-pyrrole nitrogens is 1. The van der Waals surface area contributed by atoms with Gasteiger partial charge in [-0.3, -0.25) is 4.79 Å². The highest BCUT2D eigenvalue weighted by atomic mass is 35.5. The third kappa shape index (κ3) is 2.36. The number of hydrogen-bond donors (Lipinski definition) is 3. The molecule has 0 saturated heterocycles. The van der Waals surface area contributed by atoms with Crippen LogP contribution < -0.4 is 5.32 Å². The van der Waals surface area contributed by atoms with Gasteiger partial charge in [-0.1, -0.05) is 11.6 Å². The van der Waals surface area contributed by atoms with Gasteiger partial charge in [0.15, 0.2) is 0 Å². The smallest absolute Gasteiger partial charge is 0.216 e. The minimum absolute atomic E-state index is 0.0567. The molecule has 2 aromatic rings. The Kier molecular flexibility index (Phi) is 3.24. The minimum Gasteiger partial charge on any atom is -0.506 e. The molecule has 1 aromatic carbocycles. The van der Waals surface area contributed by atoms with Crippen LogP contribution in [0.2, 0.25) is 5.02 Å². The molecular weight excluding hydrogens is 240 g/mol. The first-order chi connectivity index (χ1) is 8.09. The van der Waals surface area contributed by atoms with Crippen LogP contribution in [0.4, 0.5) is 0 Å². The number of aromatic amines is 1. The number of aromatic hydroxyl groups is 1. The third-order valence-corrected chi connectivity index (χ3v) is 3.00. The lowest BCUT2D eigenvalue weighted by Gasteiger charge is -2.03. The Morgan fingerprint density at radius 1 is 1.53 bits per heavy atom. The Morgan fingerprint density at radius 3 is 3.00 bits per heavy atom. The quantitative estimate of drug-likeness (QED) is 0.784. The molecule has 0 fully saturated rings. The molecule has 0 aliphatic heterocycles. The highest BCUT2D eigenvalue weighted by Gasteiger charge is 2.10. The molecule has 1 aromatic heterocycles. The monoisotopic (exact) mass is 252 g/mol. The molecule has 0 aliphatic carbocycles. The normalized spacial score (nSPS) is 10.7. The zero-order valence-corrected chi connectivity index (χ0v) is 10.1. The van der Waals surface area contributed by atoms with Crippen LogP contribution in [0, 0.1) is 0 Å². The lowest BCUT2D eigenvalue weighted by Crippen LogP contribution is -2.22. The lowest BCUT2D eigenvalue weighted by atomic mass is 10.1. The molecule has 3 N–H and O–H groups in total. The highest BCUT2D eigenvalue weighted by molar-refractivity contribution is 6.37. The number of carbonyl (C=O) groups excluding carboxylic acids is 1. The number of amides is 1. The number of phenolic OH excluding ortho intramolecular Hbond substituents is 1. The first-order valence-electron chi connectivity index (χ1n) is 5.31. The summed E-state index contributed by atoms with van der Waals surface area (Å²) >= 11 is 6.06. The molecule has 90 valence electrons. The maximum absolute atomic E-state index is 10.8. The Hall–Kier alpha value is -1.68. The van der Waals surface area contributed by atoms with Gasteiger partial charge >= 0.3 is 0 Å². The molecule has 4 nitrogen and oxygen atoms in total. The van der Waals surface area contributed by atoms with Crippen molar-refractivity contribution in [3.05, 3.63) is 28.9 Å². The number of hydrogen-bond acceptors (Lipinski definition) is 2. The molecule has 0 aliphatic rings. The number of benzene rings is 1. The Bertz CT molecular complexity index is 563. The largest absolute Gasteiger partial charge is 0.506 e. The van der Waals surface area contributed by atoms with Crippen LogP contribution in [0.1, 0.15) is 12.5 Å². The van der Waals surface area contributed by atoms with Crippen molar-refractivity contribution in [1.82, 2.24) is 10.3 Å². The van der Waals surface area contributed by atoms with Crippen molar-refractivity contribution in [2.75, 3.05) is 6.54 Å². The van der Waals surface area contributed by atoms with Crippen molar-refractivity contribution in [3.8, 4) is 5.75 Å². The zero-order valence-electron chi connectivity index (χ0n) is 9.38. The van der Waals surface area contributed by atoms with E-state index in [0.29, 0.717) is 18.0 Å². The van der Waals surface area contributed by atoms with Gasteiger partial charge in [0.25, 0.3) is 0 Å². The molecule has 0 radical (unpaired) electrons. The molecular formula is C12H13ClN2O2. The predicted molar refractivity (Wildman–Crippen MR) is 67.4 cm³/mol. The second-order valence-electron chi connectivity index (χ2n) is 3.87. The van der Waals surface area contributed by atoms with Crippen LogP contribution >= 0.6 is 11.6 Å². The molecule has 0 spiro atoms. The Labute approximate surface area is 104 Å². The van der Waals surface area contributed by atoms with E-state index in [-0.39, 0.29) is 11.7 Å². The van der Waals surface area contributed by atoms with Gasteiger partial charge in [0.2, 0.25) is 5.91 Å². The minimum atomic E-state index is -0.0567. The van der Waals surface area contributed by atoms with Crippen molar-refractivity contribution in [3.63, 3.8) is 0 Å². The van der Waals surface area contributed by atoms with Crippen molar-refractivity contribution in [2.45, 2.75) is 13.3 Å². The molecule has 0 saturated carbocycles. The van der Waals surface area contributed by atoms with E-state index >= 15 is 0 Å². The van der Waals surface area contributed by atoms with E-state index in [0.717, 1.165) is 16.5 Å². The molecule has 0 unspecified atom stereocenters. The number of aromatic nitrogens is 1. The summed E-state index contributed by atoms with van der Waals surface area (Å²) in [6, 6.07) is 3.33. The van der Waals surface area contributed by atoms with Gasteiger partial charge < -0.3 is 15.4 Å². The summed E-state index contributed by atoms with van der Waals surface area (Å²) in [5, 5.41) is 13.4. The van der Waals surface area contributed by atoms with Crippen molar-refractivity contribution in [1.29, 1.82) is 0 Å². The third-order valence-electron chi connectivity index (χ3n) is 2.61. The summed E-state index contributed by atoms with van der Waals surface area (Å²) in [5.41, 5.74) is 1.86. The van der Waals surface area contributed by atoms with E-state index in [1.54, 1.807) is 12.1 Å². The van der Waals surface area contributed by atoms with Crippen molar-refractivity contribution >= 4 is 28.4 Å². The first-order valence-corrected chi connectivity index (χ1v) is 5.69. The molecule has 0 bridgehead atoms. The molecule has 1 heterocycles. The summed E-state index contributed by atoms with van der Waals surface area (Å²) in [7, 11) is 0. The van der Waals surface area contributed by atoms with Gasteiger partial charge in [-0.2, -0.15) is 0 Å². The summed E-state index contributed by atoms with van der Waals surface area (Å²) in [6.07, 6.45) is 2.51. The van der Waals surface area contributed by atoms with E-state index in [4.69, 9.17) is 11.6 Å². The Balaban J connectivity index is 2.28.